The number of nitriles is 1. The first-order valence-electron chi connectivity index (χ1n) is 13.2. The van der Waals surface area contributed by atoms with Crippen molar-refractivity contribution < 1.29 is 13.9 Å². The lowest BCUT2D eigenvalue weighted by Crippen LogP contribution is -2.27. The quantitative estimate of drug-likeness (QED) is 0.325. The highest BCUT2D eigenvalue weighted by Gasteiger charge is 2.10. The fourth-order valence-electron chi connectivity index (χ4n) is 3.49. The third kappa shape index (κ3) is 11.2. The number of nitrogens with zero attached hydrogens (tertiary/aromatic N) is 2. The largest absolute Gasteiger partial charge is 0.457 e. The number of carbonyl (C=O) groups excluding carboxylic acids is 1. The summed E-state index contributed by atoms with van der Waals surface area (Å²) in [5, 5.41) is 10.9. The van der Waals surface area contributed by atoms with E-state index in [0.29, 0.717) is 11.5 Å². The molecule has 1 aromatic heterocycles. The zero-order chi connectivity index (χ0) is 28.9. The summed E-state index contributed by atoms with van der Waals surface area (Å²) in [6.45, 7) is 23.9. The van der Waals surface area contributed by atoms with Crippen LogP contribution in [0.1, 0.15) is 67.6 Å². The molecule has 38 heavy (non-hydrogen) atoms. The molecule has 6 nitrogen and oxygen atoms in total. The molecule has 206 valence electrons. The van der Waals surface area contributed by atoms with Gasteiger partial charge in [0.1, 0.15) is 23.2 Å². The lowest BCUT2D eigenvalue weighted by Gasteiger charge is -2.21. The highest BCUT2D eigenvalue weighted by molar-refractivity contribution is 6.00. The number of ether oxygens (including phenoxy) is 1. The molecule has 0 saturated heterocycles. The number of nitrogens with two attached hydrogens (primary N) is 1. The molecule has 0 atom stereocenters. The highest BCUT2D eigenvalue weighted by Crippen LogP contribution is 2.22. The fraction of sp³-hybridized carbons (Fsp3) is 0.438. The molecule has 0 aliphatic rings. The van der Waals surface area contributed by atoms with Crippen molar-refractivity contribution in [2.45, 2.75) is 67.4 Å². The van der Waals surface area contributed by atoms with Crippen LogP contribution in [0.2, 0.25) is 0 Å². The van der Waals surface area contributed by atoms with Crippen molar-refractivity contribution >= 4 is 24.6 Å². The number of carbonyl (C=O) groups is 1. The van der Waals surface area contributed by atoms with Crippen LogP contribution < -0.4 is 16.2 Å². The second-order valence-corrected chi connectivity index (χ2v) is 10.3. The standard InChI is InChI=1S/C23H25N3O2.C9H20O/c1-5-20(26(6-2)7-3)13-17-8-9-18(12-16(17)4)22-11-10-21(28-22)14-19(15-24)23(25)27;1-8(2)6-7-10-9(3,4)5/h5,8-14H,4,6-7H2,1-3H3,(H2,25,27);8H,6-7H2,1-5H3/b17-13-,19-14+,20-5+;. The van der Waals surface area contributed by atoms with E-state index >= 15 is 0 Å². The van der Waals surface area contributed by atoms with Gasteiger partial charge in [0.2, 0.25) is 0 Å². The van der Waals surface area contributed by atoms with Crippen molar-refractivity contribution in [3.05, 3.63) is 63.9 Å². The number of allylic oxidation sites excluding steroid dienone is 2. The lowest BCUT2D eigenvalue weighted by atomic mass is 10.1. The Labute approximate surface area is 228 Å². The number of benzene rings is 1. The van der Waals surface area contributed by atoms with Gasteiger partial charge in [-0.05, 0) is 88.6 Å². The molecule has 1 heterocycles. The molecule has 0 fully saturated rings. The second kappa shape index (κ2) is 15.6. The normalized spacial score (nSPS) is 12.7. The molecule has 2 rings (SSSR count). The number of primary amides is 1. The Morgan fingerprint density at radius 1 is 1.21 bits per heavy atom. The van der Waals surface area contributed by atoms with E-state index in [2.05, 4.69) is 72.1 Å². The summed E-state index contributed by atoms with van der Waals surface area (Å²) >= 11 is 0. The van der Waals surface area contributed by atoms with Gasteiger partial charge >= 0.3 is 0 Å². The van der Waals surface area contributed by atoms with Crippen LogP contribution in [0, 0.1) is 17.2 Å². The molecule has 0 spiro atoms. The summed E-state index contributed by atoms with van der Waals surface area (Å²) in [5.74, 6) is 0.986. The molecule has 2 aromatic rings. The monoisotopic (exact) mass is 519 g/mol. The Morgan fingerprint density at radius 2 is 1.87 bits per heavy atom. The minimum absolute atomic E-state index is 0.0366. The van der Waals surface area contributed by atoms with Gasteiger partial charge in [-0.3, -0.25) is 4.79 Å². The van der Waals surface area contributed by atoms with E-state index in [0.717, 1.165) is 53.7 Å². The van der Waals surface area contributed by atoms with Crippen molar-refractivity contribution in [1.82, 2.24) is 4.90 Å². The maximum absolute atomic E-state index is 11.2. The van der Waals surface area contributed by atoms with E-state index in [-0.39, 0.29) is 11.2 Å². The van der Waals surface area contributed by atoms with Crippen molar-refractivity contribution in [2.75, 3.05) is 19.7 Å². The van der Waals surface area contributed by atoms with E-state index in [1.165, 1.54) is 6.08 Å². The first-order chi connectivity index (χ1) is 17.8. The van der Waals surface area contributed by atoms with E-state index in [1.54, 1.807) is 18.2 Å². The van der Waals surface area contributed by atoms with Crippen LogP contribution in [0.25, 0.3) is 30.1 Å². The summed E-state index contributed by atoms with van der Waals surface area (Å²) in [7, 11) is 0. The first-order valence-corrected chi connectivity index (χ1v) is 13.2. The number of hydrogen-bond acceptors (Lipinski definition) is 5. The van der Waals surface area contributed by atoms with Crippen LogP contribution in [0.3, 0.4) is 0 Å². The van der Waals surface area contributed by atoms with Crippen molar-refractivity contribution in [2.24, 2.45) is 11.7 Å². The third-order valence-electron chi connectivity index (χ3n) is 5.68. The van der Waals surface area contributed by atoms with Crippen molar-refractivity contribution in [3.63, 3.8) is 0 Å². The molecule has 0 bridgehead atoms. The summed E-state index contributed by atoms with van der Waals surface area (Å²) in [5.41, 5.74) is 7.05. The lowest BCUT2D eigenvalue weighted by molar-refractivity contribution is -0.114. The van der Waals surface area contributed by atoms with Gasteiger partial charge in [-0.1, -0.05) is 38.6 Å². The average Bonchev–Trinajstić information content (AvgIpc) is 3.31. The molecule has 0 radical (unpaired) electrons. The van der Waals surface area contributed by atoms with Crippen LogP contribution in [0.15, 0.2) is 52.1 Å². The predicted molar refractivity (Wildman–Crippen MR) is 158 cm³/mol. The van der Waals surface area contributed by atoms with Crippen molar-refractivity contribution in [3.8, 4) is 17.4 Å². The zero-order valence-corrected chi connectivity index (χ0v) is 24.4. The Hall–Kier alpha value is -3.56. The van der Waals surface area contributed by atoms with Gasteiger partial charge < -0.3 is 19.8 Å². The van der Waals surface area contributed by atoms with E-state index in [9.17, 15) is 4.79 Å². The molecular weight excluding hydrogens is 474 g/mol. The van der Waals surface area contributed by atoms with Crippen LogP contribution in [-0.4, -0.2) is 36.1 Å². The average molecular weight is 520 g/mol. The molecule has 2 N–H and O–H groups in total. The first kappa shape index (κ1) is 32.5. The van der Waals surface area contributed by atoms with Gasteiger partial charge in [-0.15, -0.1) is 0 Å². The molecule has 0 aliphatic carbocycles. The maximum Gasteiger partial charge on any atom is 0.259 e. The minimum atomic E-state index is -0.784. The van der Waals surface area contributed by atoms with Gasteiger partial charge in [0, 0.05) is 37.0 Å². The Balaban J connectivity index is 0.000000612. The molecule has 1 amide bonds. The number of rotatable bonds is 10. The van der Waals surface area contributed by atoms with Crippen LogP contribution in [-0.2, 0) is 9.53 Å². The molecule has 6 heteroatoms. The zero-order valence-electron chi connectivity index (χ0n) is 24.4. The minimum Gasteiger partial charge on any atom is -0.457 e. The summed E-state index contributed by atoms with van der Waals surface area (Å²) in [4.78, 5) is 13.4. The molecule has 0 saturated carbocycles. The second-order valence-electron chi connectivity index (χ2n) is 10.3. The van der Waals surface area contributed by atoms with Gasteiger partial charge in [0.05, 0.1) is 5.60 Å². The smallest absolute Gasteiger partial charge is 0.259 e. The van der Waals surface area contributed by atoms with E-state index < -0.39 is 5.91 Å². The van der Waals surface area contributed by atoms with Gasteiger partial charge in [0.15, 0.2) is 0 Å². The van der Waals surface area contributed by atoms with Crippen molar-refractivity contribution in [1.29, 1.82) is 5.26 Å². The third-order valence-corrected chi connectivity index (χ3v) is 5.68. The number of furan rings is 1. The fourth-order valence-corrected chi connectivity index (χ4v) is 3.49. The number of amides is 1. The highest BCUT2D eigenvalue weighted by atomic mass is 16.5. The SMILES string of the molecule is C=c1cc(-c2ccc(/C=C(\C#N)C(N)=O)o2)cc/c1=C/C(=C\C)N(CC)CC.CC(C)CCOC(C)(C)C. The molecule has 0 aliphatic heterocycles. The van der Waals surface area contributed by atoms with E-state index in [1.807, 2.05) is 25.1 Å². The van der Waals surface area contributed by atoms with Crippen LogP contribution >= 0.6 is 0 Å². The molecular formula is C32H45N3O3. The Kier molecular flexibility index (Phi) is 13.4. The van der Waals surface area contributed by atoms with E-state index in [4.69, 9.17) is 20.1 Å². The maximum atomic E-state index is 11.2. The molecule has 1 aromatic carbocycles. The van der Waals surface area contributed by atoms with Crippen LogP contribution in [0.4, 0.5) is 0 Å². The summed E-state index contributed by atoms with van der Waals surface area (Å²) in [6, 6.07) is 11.2. The Morgan fingerprint density at radius 3 is 2.34 bits per heavy atom. The number of hydrogen-bond donors (Lipinski definition) is 1. The van der Waals surface area contributed by atoms with Crippen LogP contribution in [0.5, 0.6) is 0 Å². The molecule has 0 unspecified atom stereocenters. The van der Waals surface area contributed by atoms with Gasteiger partial charge in [0.25, 0.3) is 5.91 Å². The summed E-state index contributed by atoms with van der Waals surface area (Å²) in [6.07, 6.45) is 6.72. The topological polar surface area (TPSA) is 92.5 Å². The van der Waals surface area contributed by atoms with Gasteiger partial charge in [-0.2, -0.15) is 5.26 Å². The van der Waals surface area contributed by atoms with Gasteiger partial charge in [-0.25, -0.2) is 0 Å². The summed E-state index contributed by atoms with van der Waals surface area (Å²) < 4.78 is 11.3. The predicted octanol–water partition coefficient (Wildman–Crippen LogP) is 5.62. The Bertz CT molecular complexity index is 1250.